The van der Waals surface area contributed by atoms with Gasteiger partial charge in [0, 0.05) is 12.0 Å². The highest BCUT2D eigenvalue weighted by Gasteiger charge is 2.23. The SMILES string of the molecule is Cc1cc(C(=O)CC2OCCc3ccccc32)ccc1F. The van der Waals surface area contributed by atoms with E-state index < -0.39 is 0 Å². The zero-order valence-electron chi connectivity index (χ0n) is 11.9. The Bertz CT molecular complexity index is 679. The summed E-state index contributed by atoms with van der Waals surface area (Å²) in [5.74, 6) is -0.300. The molecule has 0 fully saturated rings. The molecule has 0 saturated heterocycles. The van der Waals surface area contributed by atoms with Crippen molar-refractivity contribution in [3.8, 4) is 0 Å². The maximum Gasteiger partial charge on any atom is 0.165 e. The fourth-order valence-corrected chi connectivity index (χ4v) is 2.75. The van der Waals surface area contributed by atoms with Crippen molar-refractivity contribution in [1.82, 2.24) is 0 Å². The van der Waals surface area contributed by atoms with E-state index in [0.717, 1.165) is 12.0 Å². The number of ether oxygens (including phenoxy) is 1. The molecule has 0 bridgehead atoms. The van der Waals surface area contributed by atoms with Crippen molar-refractivity contribution in [2.45, 2.75) is 25.9 Å². The fourth-order valence-electron chi connectivity index (χ4n) is 2.75. The van der Waals surface area contributed by atoms with Crippen LogP contribution in [-0.4, -0.2) is 12.4 Å². The third-order valence-corrected chi connectivity index (χ3v) is 3.94. The minimum Gasteiger partial charge on any atom is -0.373 e. The lowest BCUT2D eigenvalue weighted by Gasteiger charge is -2.25. The number of fused-ring (bicyclic) bond motifs is 1. The Kier molecular flexibility index (Phi) is 3.84. The van der Waals surface area contributed by atoms with Crippen LogP contribution in [0.3, 0.4) is 0 Å². The second kappa shape index (κ2) is 5.78. The summed E-state index contributed by atoms with van der Waals surface area (Å²) in [5.41, 5.74) is 3.37. The molecule has 1 heterocycles. The maximum atomic E-state index is 13.3. The highest BCUT2D eigenvalue weighted by atomic mass is 19.1. The molecule has 2 aromatic rings. The molecule has 1 aliphatic heterocycles. The van der Waals surface area contributed by atoms with Gasteiger partial charge in [0.2, 0.25) is 0 Å². The molecule has 1 atom stereocenters. The second-order valence-corrected chi connectivity index (χ2v) is 5.40. The van der Waals surface area contributed by atoms with E-state index in [1.807, 2.05) is 18.2 Å². The van der Waals surface area contributed by atoms with Crippen LogP contribution in [0.25, 0.3) is 0 Å². The largest absolute Gasteiger partial charge is 0.373 e. The predicted molar refractivity (Wildman–Crippen MR) is 78.9 cm³/mol. The summed E-state index contributed by atoms with van der Waals surface area (Å²) >= 11 is 0. The first kappa shape index (κ1) is 14.0. The summed E-state index contributed by atoms with van der Waals surface area (Å²) in [6, 6.07) is 12.6. The third-order valence-electron chi connectivity index (χ3n) is 3.94. The van der Waals surface area contributed by atoms with Gasteiger partial charge >= 0.3 is 0 Å². The van der Waals surface area contributed by atoms with Gasteiger partial charge in [-0.2, -0.15) is 0 Å². The molecule has 0 aliphatic carbocycles. The minimum atomic E-state index is -0.286. The molecule has 21 heavy (non-hydrogen) atoms. The first-order valence-electron chi connectivity index (χ1n) is 7.14. The van der Waals surface area contributed by atoms with Crippen molar-refractivity contribution in [3.63, 3.8) is 0 Å². The van der Waals surface area contributed by atoms with E-state index in [1.165, 1.54) is 11.6 Å². The van der Waals surface area contributed by atoms with Crippen LogP contribution < -0.4 is 0 Å². The molecular weight excluding hydrogens is 267 g/mol. The summed E-state index contributed by atoms with van der Waals surface area (Å²) in [5, 5.41) is 0. The molecule has 0 N–H and O–H groups in total. The number of hydrogen-bond acceptors (Lipinski definition) is 2. The standard InChI is InChI=1S/C18H17FO2/c1-12-10-14(6-7-16(12)19)17(20)11-18-15-5-3-2-4-13(15)8-9-21-18/h2-7,10,18H,8-9,11H2,1H3. The van der Waals surface area contributed by atoms with Crippen LogP contribution in [0.15, 0.2) is 42.5 Å². The van der Waals surface area contributed by atoms with Crippen LogP contribution in [0.1, 0.15) is 39.6 Å². The van der Waals surface area contributed by atoms with Gasteiger partial charge in [0.25, 0.3) is 0 Å². The fraction of sp³-hybridized carbons (Fsp3) is 0.278. The van der Waals surface area contributed by atoms with E-state index in [0.29, 0.717) is 24.2 Å². The first-order chi connectivity index (χ1) is 10.1. The number of ketones is 1. The summed E-state index contributed by atoms with van der Waals surface area (Å²) in [6.45, 7) is 2.30. The molecule has 0 saturated carbocycles. The van der Waals surface area contributed by atoms with Gasteiger partial charge in [-0.3, -0.25) is 4.79 Å². The number of hydrogen-bond donors (Lipinski definition) is 0. The van der Waals surface area contributed by atoms with Gasteiger partial charge in [-0.25, -0.2) is 4.39 Å². The number of rotatable bonds is 3. The van der Waals surface area contributed by atoms with Crippen LogP contribution >= 0.6 is 0 Å². The average Bonchev–Trinajstić information content (AvgIpc) is 2.50. The highest BCUT2D eigenvalue weighted by molar-refractivity contribution is 5.96. The van der Waals surface area contributed by atoms with Gasteiger partial charge in [-0.15, -0.1) is 0 Å². The Morgan fingerprint density at radius 1 is 1.29 bits per heavy atom. The molecule has 3 heteroatoms. The topological polar surface area (TPSA) is 26.3 Å². The van der Waals surface area contributed by atoms with Crippen molar-refractivity contribution in [3.05, 3.63) is 70.5 Å². The van der Waals surface area contributed by atoms with Gasteiger partial charge < -0.3 is 4.74 Å². The van der Waals surface area contributed by atoms with Gasteiger partial charge in [0.1, 0.15) is 5.82 Å². The maximum absolute atomic E-state index is 13.3. The Labute approximate surface area is 123 Å². The quantitative estimate of drug-likeness (QED) is 0.796. The molecule has 2 nitrogen and oxygen atoms in total. The van der Waals surface area contributed by atoms with Crippen LogP contribution in [0.2, 0.25) is 0 Å². The van der Waals surface area contributed by atoms with Gasteiger partial charge in [-0.05, 0) is 48.2 Å². The summed E-state index contributed by atoms with van der Waals surface area (Å²) in [7, 11) is 0. The first-order valence-corrected chi connectivity index (χ1v) is 7.14. The van der Waals surface area contributed by atoms with Crippen molar-refractivity contribution in [2.75, 3.05) is 6.61 Å². The second-order valence-electron chi connectivity index (χ2n) is 5.40. The Morgan fingerprint density at radius 3 is 2.90 bits per heavy atom. The molecular formula is C18H17FO2. The molecule has 2 aromatic carbocycles. The van der Waals surface area contributed by atoms with E-state index >= 15 is 0 Å². The Balaban J connectivity index is 1.81. The number of benzene rings is 2. The van der Waals surface area contributed by atoms with Crippen LogP contribution in [-0.2, 0) is 11.2 Å². The molecule has 0 spiro atoms. The highest BCUT2D eigenvalue weighted by Crippen LogP contribution is 2.30. The number of halogens is 1. The van der Waals surface area contributed by atoms with E-state index in [1.54, 1.807) is 19.1 Å². The normalized spacial score (nSPS) is 17.3. The molecule has 1 aliphatic rings. The molecule has 3 rings (SSSR count). The number of carbonyl (C=O) groups excluding carboxylic acids is 1. The molecule has 0 aromatic heterocycles. The molecule has 1 unspecified atom stereocenters. The smallest absolute Gasteiger partial charge is 0.165 e. The van der Waals surface area contributed by atoms with Crippen LogP contribution in [0, 0.1) is 12.7 Å². The minimum absolute atomic E-state index is 0.0141. The zero-order valence-corrected chi connectivity index (χ0v) is 11.9. The third kappa shape index (κ3) is 2.88. The van der Waals surface area contributed by atoms with E-state index in [-0.39, 0.29) is 17.7 Å². The lowest BCUT2D eigenvalue weighted by atomic mass is 9.93. The molecule has 0 amide bonds. The van der Waals surface area contributed by atoms with Gasteiger partial charge in [0.05, 0.1) is 12.7 Å². The predicted octanol–water partition coefficient (Wildman–Crippen LogP) is 4.02. The Hall–Kier alpha value is -2.00. The van der Waals surface area contributed by atoms with Crippen LogP contribution in [0.4, 0.5) is 4.39 Å². The molecule has 108 valence electrons. The van der Waals surface area contributed by atoms with Gasteiger partial charge in [0.15, 0.2) is 5.78 Å². The van der Waals surface area contributed by atoms with Gasteiger partial charge in [-0.1, -0.05) is 24.3 Å². The van der Waals surface area contributed by atoms with Crippen molar-refractivity contribution in [1.29, 1.82) is 0 Å². The zero-order chi connectivity index (χ0) is 14.8. The van der Waals surface area contributed by atoms with Crippen molar-refractivity contribution < 1.29 is 13.9 Å². The lowest BCUT2D eigenvalue weighted by molar-refractivity contribution is 0.0352. The van der Waals surface area contributed by atoms with Crippen molar-refractivity contribution in [2.24, 2.45) is 0 Å². The average molecular weight is 284 g/mol. The lowest BCUT2D eigenvalue weighted by Crippen LogP contribution is -2.19. The summed E-state index contributed by atoms with van der Waals surface area (Å²) in [6.07, 6.45) is 0.978. The van der Waals surface area contributed by atoms with E-state index in [4.69, 9.17) is 4.74 Å². The monoisotopic (exact) mass is 284 g/mol. The van der Waals surface area contributed by atoms with E-state index in [9.17, 15) is 9.18 Å². The summed E-state index contributed by atoms with van der Waals surface area (Å²) < 4.78 is 19.0. The molecule has 0 radical (unpaired) electrons. The number of aryl methyl sites for hydroxylation is 1. The van der Waals surface area contributed by atoms with Crippen molar-refractivity contribution >= 4 is 5.78 Å². The van der Waals surface area contributed by atoms with E-state index in [2.05, 4.69) is 6.07 Å². The number of carbonyl (C=O) groups is 1. The van der Waals surface area contributed by atoms with Crippen LogP contribution in [0.5, 0.6) is 0 Å². The number of Topliss-reactive ketones (excluding diaryl/α,β-unsaturated/α-hetero) is 1. The summed E-state index contributed by atoms with van der Waals surface area (Å²) in [4.78, 5) is 12.4. The Morgan fingerprint density at radius 2 is 2.10 bits per heavy atom.